The molecule has 0 N–H and O–H groups in total. The molecule has 0 unspecified atom stereocenters. The number of esters is 1. The predicted octanol–water partition coefficient (Wildman–Crippen LogP) is 3.27. The Hall–Kier alpha value is -3.46. The van der Waals surface area contributed by atoms with Crippen LogP contribution in [-0.2, 0) is 17.8 Å². The Labute approximate surface area is 183 Å². The van der Waals surface area contributed by atoms with Crippen LogP contribution in [0.25, 0.3) is 11.0 Å². The number of hydrogen-bond acceptors (Lipinski definition) is 7. The Morgan fingerprint density at radius 3 is 2.68 bits per heavy atom. The number of fused-ring (bicyclic) bond motifs is 1. The average Bonchev–Trinajstić information content (AvgIpc) is 3.33. The number of rotatable bonds is 7. The summed E-state index contributed by atoms with van der Waals surface area (Å²) < 4.78 is 13.9. The summed E-state index contributed by atoms with van der Waals surface area (Å²) in [6, 6.07) is 7.82. The van der Waals surface area contributed by atoms with Crippen molar-refractivity contribution >= 4 is 28.6 Å². The highest BCUT2D eigenvalue weighted by molar-refractivity contribution is 6.38. The van der Waals surface area contributed by atoms with E-state index in [1.165, 1.54) is 6.20 Å². The van der Waals surface area contributed by atoms with Crippen LogP contribution in [0.2, 0.25) is 5.02 Å². The van der Waals surface area contributed by atoms with Crippen LogP contribution in [-0.4, -0.2) is 49.2 Å². The molecule has 3 aromatic heterocycles. The lowest BCUT2D eigenvalue weighted by molar-refractivity contribution is 0.0526. The van der Waals surface area contributed by atoms with Crippen LogP contribution in [0, 0.1) is 6.92 Å². The van der Waals surface area contributed by atoms with Gasteiger partial charge in [0.1, 0.15) is 18.6 Å². The third kappa shape index (κ3) is 4.09. The first-order valence-corrected chi connectivity index (χ1v) is 10.1. The minimum atomic E-state index is -0.506. The largest absolute Gasteiger partial charge is 0.497 e. The second-order valence-electron chi connectivity index (χ2n) is 6.87. The summed E-state index contributed by atoms with van der Waals surface area (Å²) in [5.74, 6) is 1.01. The maximum atomic E-state index is 12.1. The van der Waals surface area contributed by atoms with Crippen LogP contribution < -0.4 is 4.74 Å². The van der Waals surface area contributed by atoms with Crippen LogP contribution in [0.3, 0.4) is 0 Å². The highest BCUT2D eigenvalue weighted by atomic mass is 35.5. The van der Waals surface area contributed by atoms with Gasteiger partial charge < -0.3 is 14.0 Å². The minimum absolute atomic E-state index is 0.223. The molecule has 160 valence electrons. The van der Waals surface area contributed by atoms with Crippen molar-refractivity contribution in [3.05, 3.63) is 64.5 Å². The molecule has 0 amide bonds. The molecule has 0 aliphatic carbocycles. The van der Waals surface area contributed by atoms with Gasteiger partial charge in [0.25, 0.3) is 0 Å². The molecule has 0 saturated heterocycles. The first-order chi connectivity index (χ1) is 15.0. The van der Waals surface area contributed by atoms with Gasteiger partial charge in [0, 0.05) is 6.20 Å². The zero-order chi connectivity index (χ0) is 22.0. The highest BCUT2D eigenvalue weighted by Gasteiger charge is 2.21. The molecule has 0 fully saturated rings. The molecule has 31 heavy (non-hydrogen) atoms. The summed E-state index contributed by atoms with van der Waals surface area (Å²) >= 11 is 6.50. The van der Waals surface area contributed by atoms with Crippen LogP contribution in [0.5, 0.6) is 5.75 Å². The van der Waals surface area contributed by atoms with E-state index in [1.54, 1.807) is 25.0 Å². The number of methoxy groups -OCH3 is 1. The molecule has 4 aromatic rings. The van der Waals surface area contributed by atoms with Crippen LogP contribution in [0.4, 0.5) is 0 Å². The lowest BCUT2D eigenvalue weighted by atomic mass is 10.2. The van der Waals surface area contributed by atoms with Gasteiger partial charge in [-0.15, -0.1) is 10.2 Å². The smallest absolute Gasteiger partial charge is 0.341 e. The summed E-state index contributed by atoms with van der Waals surface area (Å²) in [6.07, 6.45) is 3.10. The van der Waals surface area contributed by atoms with Crippen molar-refractivity contribution < 1.29 is 14.3 Å². The van der Waals surface area contributed by atoms with E-state index in [2.05, 4.69) is 20.3 Å². The fraction of sp³-hybridized carbons (Fsp3) is 0.286. The molecule has 0 aliphatic rings. The quantitative estimate of drug-likeness (QED) is 0.407. The van der Waals surface area contributed by atoms with E-state index in [1.807, 2.05) is 35.8 Å². The van der Waals surface area contributed by atoms with Gasteiger partial charge in [-0.25, -0.2) is 14.5 Å². The summed E-state index contributed by atoms with van der Waals surface area (Å²) in [7, 11) is 1.64. The number of hydrogen-bond donors (Lipinski definition) is 0. The topological polar surface area (TPSA) is 97.0 Å². The van der Waals surface area contributed by atoms with E-state index in [4.69, 9.17) is 21.1 Å². The highest BCUT2D eigenvalue weighted by Crippen LogP contribution is 2.29. The van der Waals surface area contributed by atoms with Gasteiger partial charge in [-0.05, 0) is 31.5 Å². The molecule has 0 spiro atoms. The number of ether oxygens (including phenoxy) is 2. The second kappa shape index (κ2) is 8.73. The Kier molecular flexibility index (Phi) is 5.85. The molecule has 0 saturated carbocycles. The standard InChI is InChI=1S/C21H21ClN6O3/c1-4-31-21(29)16-9-23-20-18(19(16)22)13(2)26-28(20)11-17-25-24-12-27(17)10-14-5-7-15(30-3)8-6-14/h5-9,12H,4,10-11H2,1-3H3. The number of aromatic nitrogens is 6. The van der Waals surface area contributed by atoms with Gasteiger partial charge in [-0.1, -0.05) is 23.7 Å². The minimum Gasteiger partial charge on any atom is -0.497 e. The first-order valence-electron chi connectivity index (χ1n) is 9.70. The lowest BCUT2D eigenvalue weighted by Gasteiger charge is -2.09. The van der Waals surface area contributed by atoms with Crippen LogP contribution in [0.15, 0.2) is 36.8 Å². The molecule has 0 radical (unpaired) electrons. The Balaban J connectivity index is 1.63. The predicted molar refractivity (Wildman–Crippen MR) is 114 cm³/mol. The molecule has 4 rings (SSSR count). The number of nitrogens with zero attached hydrogens (tertiary/aromatic N) is 6. The number of pyridine rings is 1. The number of aryl methyl sites for hydroxylation is 1. The molecule has 3 heterocycles. The summed E-state index contributed by atoms with van der Waals surface area (Å²) in [5, 5.41) is 13.8. The Morgan fingerprint density at radius 1 is 1.19 bits per heavy atom. The normalized spacial score (nSPS) is 11.1. The molecule has 0 atom stereocenters. The lowest BCUT2D eigenvalue weighted by Crippen LogP contribution is -2.11. The summed E-state index contributed by atoms with van der Waals surface area (Å²) in [4.78, 5) is 16.6. The Morgan fingerprint density at radius 2 is 1.97 bits per heavy atom. The molecular formula is C21H21ClN6O3. The van der Waals surface area contributed by atoms with Crippen molar-refractivity contribution in [2.75, 3.05) is 13.7 Å². The number of halogens is 1. The molecule has 10 heteroatoms. The third-order valence-corrected chi connectivity index (χ3v) is 5.26. The fourth-order valence-electron chi connectivity index (χ4n) is 3.33. The van der Waals surface area contributed by atoms with E-state index in [9.17, 15) is 4.79 Å². The molecule has 0 bridgehead atoms. The van der Waals surface area contributed by atoms with Gasteiger partial charge in [0.15, 0.2) is 11.5 Å². The summed E-state index contributed by atoms with van der Waals surface area (Å²) in [6.45, 7) is 4.77. The average molecular weight is 441 g/mol. The molecule has 0 aliphatic heterocycles. The van der Waals surface area contributed by atoms with Crippen molar-refractivity contribution in [1.29, 1.82) is 0 Å². The third-order valence-electron chi connectivity index (χ3n) is 4.87. The van der Waals surface area contributed by atoms with Gasteiger partial charge in [0.05, 0.1) is 41.9 Å². The summed E-state index contributed by atoms with van der Waals surface area (Å²) in [5.41, 5.74) is 2.54. The van der Waals surface area contributed by atoms with Crippen LogP contribution >= 0.6 is 11.6 Å². The van der Waals surface area contributed by atoms with E-state index < -0.39 is 5.97 Å². The monoisotopic (exact) mass is 440 g/mol. The maximum Gasteiger partial charge on any atom is 0.341 e. The van der Waals surface area contributed by atoms with E-state index in [-0.39, 0.29) is 17.2 Å². The van der Waals surface area contributed by atoms with Crippen molar-refractivity contribution in [2.24, 2.45) is 0 Å². The second-order valence-corrected chi connectivity index (χ2v) is 7.25. The van der Waals surface area contributed by atoms with Crippen molar-refractivity contribution in [3.8, 4) is 5.75 Å². The molecule has 1 aromatic carbocycles. The molecular weight excluding hydrogens is 420 g/mol. The van der Waals surface area contributed by atoms with Gasteiger partial charge >= 0.3 is 5.97 Å². The number of benzene rings is 1. The zero-order valence-corrected chi connectivity index (χ0v) is 18.1. The van der Waals surface area contributed by atoms with Crippen molar-refractivity contribution in [1.82, 2.24) is 29.5 Å². The van der Waals surface area contributed by atoms with E-state index in [0.29, 0.717) is 35.6 Å². The van der Waals surface area contributed by atoms with E-state index >= 15 is 0 Å². The van der Waals surface area contributed by atoms with Gasteiger partial charge in [-0.2, -0.15) is 5.10 Å². The number of carbonyl (C=O) groups is 1. The SMILES string of the molecule is CCOC(=O)c1cnc2c(c(C)nn2Cc2nncn2Cc2ccc(OC)cc2)c1Cl. The fourth-order valence-corrected chi connectivity index (χ4v) is 3.68. The first kappa shape index (κ1) is 20.8. The Bertz CT molecular complexity index is 1230. The zero-order valence-electron chi connectivity index (χ0n) is 17.4. The van der Waals surface area contributed by atoms with Gasteiger partial charge in [0.2, 0.25) is 0 Å². The van der Waals surface area contributed by atoms with Gasteiger partial charge in [-0.3, -0.25) is 0 Å². The van der Waals surface area contributed by atoms with Crippen LogP contribution in [0.1, 0.15) is 34.4 Å². The van der Waals surface area contributed by atoms with E-state index in [0.717, 1.165) is 11.3 Å². The van der Waals surface area contributed by atoms with Crippen molar-refractivity contribution in [3.63, 3.8) is 0 Å². The molecule has 9 nitrogen and oxygen atoms in total. The maximum absolute atomic E-state index is 12.1. The van der Waals surface area contributed by atoms with Crippen molar-refractivity contribution in [2.45, 2.75) is 26.9 Å². The number of carbonyl (C=O) groups excluding carboxylic acids is 1.